The van der Waals surface area contributed by atoms with Crippen LogP contribution in [-0.4, -0.2) is 21.4 Å². The van der Waals surface area contributed by atoms with Crippen molar-refractivity contribution in [3.05, 3.63) is 98.2 Å². The molecule has 0 saturated heterocycles. The summed E-state index contributed by atoms with van der Waals surface area (Å²) in [6.45, 7) is 4.38. The quantitative estimate of drug-likeness (QED) is 0.382. The van der Waals surface area contributed by atoms with Crippen LogP contribution in [0.5, 0.6) is 0 Å². The minimum atomic E-state index is -0.230. The number of para-hydroxylation sites is 1. The average Bonchev–Trinajstić information content (AvgIpc) is 3.36. The molecule has 0 aliphatic heterocycles. The van der Waals surface area contributed by atoms with Gasteiger partial charge in [0, 0.05) is 28.2 Å². The molecule has 0 atom stereocenters. The molecular weight excluding hydrogens is 406 g/mol. The van der Waals surface area contributed by atoms with E-state index < -0.39 is 0 Å². The molecule has 6 heteroatoms. The van der Waals surface area contributed by atoms with Crippen LogP contribution < -0.4 is 5.56 Å². The summed E-state index contributed by atoms with van der Waals surface area (Å²) < 4.78 is 5.73. The van der Waals surface area contributed by atoms with E-state index in [0.29, 0.717) is 23.5 Å². The average molecular weight is 430 g/mol. The Morgan fingerprint density at radius 2 is 1.81 bits per heavy atom. The summed E-state index contributed by atoms with van der Waals surface area (Å²) in [6, 6.07) is 22.4. The molecule has 5 nitrogen and oxygen atoms in total. The number of aromatic nitrogens is 2. The molecule has 0 spiro atoms. The van der Waals surface area contributed by atoms with Crippen molar-refractivity contribution < 1.29 is 4.42 Å². The highest BCUT2D eigenvalue weighted by Gasteiger charge is 2.16. The molecule has 31 heavy (non-hydrogen) atoms. The van der Waals surface area contributed by atoms with Crippen LogP contribution in [0.4, 0.5) is 0 Å². The number of hydrogen-bond acceptors (Lipinski definition) is 5. The fourth-order valence-electron chi connectivity index (χ4n) is 3.87. The Bertz CT molecular complexity index is 1380. The third-order valence-electron chi connectivity index (χ3n) is 5.39. The number of furan rings is 1. The fourth-order valence-corrected chi connectivity index (χ4v) is 4.80. The number of rotatable bonds is 7. The van der Waals surface area contributed by atoms with Gasteiger partial charge in [0.05, 0.1) is 6.54 Å². The molecule has 2 aromatic carbocycles. The van der Waals surface area contributed by atoms with E-state index in [1.807, 2.05) is 41.7 Å². The van der Waals surface area contributed by atoms with Gasteiger partial charge in [-0.15, -0.1) is 11.3 Å². The molecule has 5 aromatic rings. The zero-order valence-corrected chi connectivity index (χ0v) is 18.1. The standard InChI is InChI=1S/C25H23N3O2S/c1-17-11-12-19(31-17)15-28(14-13-18-7-3-2-4-8-18)16-22-26-23-20-9-5-6-10-21(20)30-24(23)25(29)27-22/h2-12H,13-16H2,1H3,(H,26,27,29). The van der Waals surface area contributed by atoms with Gasteiger partial charge in [-0.3, -0.25) is 9.69 Å². The van der Waals surface area contributed by atoms with E-state index in [1.165, 1.54) is 15.3 Å². The monoisotopic (exact) mass is 429 g/mol. The largest absolute Gasteiger partial charge is 0.449 e. The summed E-state index contributed by atoms with van der Waals surface area (Å²) in [6.07, 6.45) is 0.937. The van der Waals surface area contributed by atoms with Crippen molar-refractivity contribution in [2.75, 3.05) is 6.54 Å². The summed E-state index contributed by atoms with van der Waals surface area (Å²) in [7, 11) is 0. The fraction of sp³-hybridized carbons (Fsp3) is 0.200. The van der Waals surface area contributed by atoms with Gasteiger partial charge < -0.3 is 9.40 Å². The molecular formula is C25H23N3O2S. The maximum atomic E-state index is 12.7. The van der Waals surface area contributed by atoms with E-state index in [4.69, 9.17) is 9.40 Å². The number of aryl methyl sites for hydroxylation is 1. The van der Waals surface area contributed by atoms with E-state index >= 15 is 0 Å². The lowest BCUT2D eigenvalue weighted by Crippen LogP contribution is -2.27. The minimum absolute atomic E-state index is 0.230. The van der Waals surface area contributed by atoms with Crippen LogP contribution in [0, 0.1) is 6.92 Å². The number of nitrogens with zero attached hydrogens (tertiary/aromatic N) is 2. The Hall–Kier alpha value is -3.22. The van der Waals surface area contributed by atoms with Gasteiger partial charge in [-0.25, -0.2) is 4.98 Å². The smallest absolute Gasteiger partial charge is 0.294 e. The van der Waals surface area contributed by atoms with Gasteiger partial charge in [0.2, 0.25) is 5.58 Å². The van der Waals surface area contributed by atoms with E-state index in [1.54, 1.807) is 0 Å². The molecule has 1 N–H and O–H groups in total. The molecule has 156 valence electrons. The Balaban J connectivity index is 1.45. The predicted octanol–water partition coefficient (Wildman–Crippen LogP) is 5.28. The first-order valence-electron chi connectivity index (χ1n) is 10.4. The van der Waals surface area contributed by atoms with E-state index in [2.05, 4.69) is 53.2 Å². The number of hydrogen-bond donors (Lipinski definition) is 1. The minimum Gasteiger partial charge on any atom is -0.449 e. The number of aromatic amines is 1. The highest BCUT2D eigenvalue weighted by Crippen LogP contribution is 2.25. The molecule has 0 bridgehead atoms. The number of nitrogens with one attached hydrogen (secondary N) is 1. The second-order valence-electron chi connectivity index (χ2n) is 7.75. The highest BCUT2D eigenvalue weighted by atomic mass is 32.1. The van der Waals surface area contributed by atoms with E-state index in [9.17, 15) is 4.79 Å². The Morgan fingerprint density at radius 1 is 1.00 bits per heavy atom. The van der Waals surface area contributed by atoms with Crippen molar-refractivity contribution >= 4 is 33.4 Å². The molecule has 0 unspecified atom stereocenters. The molecule has 0 radical (unpaired) electrons. The summed E-state index contributed by atoms with van der Waals surface area (Å²) in [5, 5.41) is 0.870. The first-order chi connectivity index (χ1) is 15.2. The molecule has 0 fully saturated rings. The molecule has 0 aliphatic rings. The van der Waals surface area contributed by atoms with Gasteiger partial charge in [0.1, 0.15) is 16.9 Å². The lowest BCUT2D eigenvalue weighted by Gasteiger charge is -2.21. The van der Waals surface area contributed by atoms with E-state index in [0.717, 1.165) is 24.9 Å². The van der Waals surface area contributed by atoms with Crippen LogP contribution in [0.3, 0.4) is 0 Å². The van der Waals surface area contributed by atoms with Crippen molar-refractivity contribution in [1.82, 2.24) is 14.9 Å². The summed E-state index contributed by atoms with van der Waals surface area (Å²) >= 11 is 1.81. The second-order valence-corrected chi connectivity index (χ2v) is 9.12. The Labute approximate surface area is 184 Å². The summed E-state index contributed by atoms with van der Waals surface area (Å²) in [5.41, 5.74) is 2.67. The normalized spacial score (nSPS) is 11.7. The molecule has 3 aromatic heterocycles. The van der Waals surface area contributed by atoms with E-state index in [-0.39, 0.29) is 11.1 Å². The van der Waals surface area contributed by atoms with Crippen LogP contribution in [0.15, 0.2) is 75.9 Å². The third-order valence-corrected chi connectivity index (χ3v) is 6.37. The molecule has 0 amide bonds. The Morgan fingerprint density at radius 3 is 2.61 bits per heavy atom. The zero-order chi connectivity index (χ0) is 21.2. The van der Waals surface area contributed by atoms with Gasteiger partial charge in [0.25, 0.3) is 5.56 Å². The molecule has 0 saturated carbocycles. The van der Waals surface area contributed by atoms with Crippen LogP contribution in [0.1, 0.15) is 21.1 Å². The van der Waals surface area contributed by atoms with Crippen LogP contribution in [-0.2, 0) is 19.5 Å². The maximum Gasteiger partial charge on any atom is 0.294 e. The zero-order valence-electron chi connectivity index (χ0n) is 17.3. The third kappa shape index (κ3) is 4.31. The number of H-pyrrole nitrogens is 1. The summed E-state index contributed by atoms with van der Waals surface area (Å²) in [4.78, 5) is 25.3. The van der Waals surface area contributed by atoms with Crippen LogP contribution in [0.25, 0.3) is 22.1 Å². The molecule has 0 aliphatic carbocycles. The molecule has 3 heterocycles. The van der Waals surface area contributed by atoms with Crippen LogP contribution >= 0.6 is 11.3 Å². The highest BCUT2D eigenvalue weighted by molar-refractivity contribution is 7.11. The van der Waals surface area contributed by atoms with Gasteiger partial charge in [0.15, 0.2) is 0 Å². The lowest BCUT2D eigenvalue weighted by molar-refractivity contribution is 0.256. The topological polar surface area (TPSA) is 62.1 Å². The van der Waals surface area contributed by atoms with Crippen molar-refractivity contribution in [1.29, 1.82) is 0 Å². The SMILES string of the molecule is Cc1ccc(CN(CCc2ccccc2)Cc2nc3c(oc4ccccc43)c(=O)[nH]2)s1. The number of benzene rings is 2. The first-order valence-corrected chi connectivity index (χ1v) is 11.2. The van der Waals surface area contributed by atoms with Crippen molar-refractivity contribution in [2.24, 2.45) is 0 Å². The number of thiophene rings is 1. The molecule has 5 rings (SSSR count). The van der Waals surface area contributed by atoms with Gasteiger partial charge in [-0.05, 0) is 43.2 Å². The second kappa shape index (κ2) is 8.49. The maximum absolute atomic E-state index is 12.7. The van der Waals surface area contributed by atoms with Gasteiger partial charge in [-0.1, -0.05) is 42.5 Å². The lowest BCUT2D eigenvalue weighted by atomic mass is 10.1. The van der Waals surface area contributed by atoms with Gasteiger partial charge >= 0.3 is 0 Å². The van der Waals surface area contributed by atoms with Crippen molar-refractivity contribution in [3.63, 3.8) is 0 Å². The van der Waals surface area contributed by atoms with Crippen molar-refractivity contribution in [3.8, 4) is 0 Å². The number of fused-ring (bicyclic) bond motifs is 3. The predicted molar refractivity (Wildman–Crippen MR) is 125 cm³/mol. The first kappa shape index (κ1) is 19.7. The van der Waals surface area contributed by atoms with Crippen molar-refractivity contribution in [2.45, 2.75) is 26.4 Å². The summed E-state index contributed by atoms with van der Waals surface area (Å²) in [5.74, 6) is 0.658. The van der Waals surface area contributed by atoms with Gasteiger partial charge in [-0.2, -0.15) is 0 Å². The Kier molecular flexibility index (Phi) is 5.40. The van der Waals surface area contributed by atoms with Crippen LogP contribution in [0.2, 0.25) is 0 Å².